The summed E-state index contributed by atoms with van der Waals surface area (Å²) < 4.78 is 1.92. The SMILES string of the molecule is Cc1ccc2nc(-c3ccccc3Cn3cccn3)[nH]c2c1. The molecule has 2 aromatic carbocycles. The Labute approximate surface area is 128 Å². The molecule has 1 N–H and O–H groups in total. The van der Waals surface area contributed by atoms with Crippen molar-refractivity contribution in [1.82, 2.24) is 19.7 Å². The molecule has 0 radical (unpaired) electrons. The van der Waals surface area contributed by atoms with Crippen LogP contribution in [0.3, 0.4) is 0 Å². The molecule has 0 saturated carbocycles. The van der Waals surface area contributed by atoms with Gasteiger partial charge >= 0.3 is 0 Å². The summed E-state index contributed by atoms with van der Waals surface area (Å²) in [6.07, 6.45) is 3.77. The Morgan fingerprint density at radius 3 is 2.86 bits per heavy atom. The molecular weight excluding hydrogens is 272 g/mol. The quantitative estimate of drug-likeness (QED) is 0.623. The lowest BCUT2D eigenvalue weighted by molar-refractivity contribution is 0.687. The third-order valence-corrected chi connectivity index (χ3v) is 3.80. The largest absolute Gasteiger partial charge is 0.338 e. The highest BCUT2D eigenvalue weighted by atomic mass is 15.3. The molecule has 0 aliphatic heterocycles. The van der Waals surface area contributed by atoms with E-state index in [9.17, 15) is 0 Å². The highest BCUT2D eigenvalue weighted by molar-refractivity contribution is 5.80. The summed E-state index contributed by atoms with van der Waals surface area (Å²) in [5.41, 5.74) is 5.61. The topological polar surface area (TPSA) is 46.5 Å². The van der Waals surface area contributed by atoms with Crippen LogP contribution in [0, 0.1) is 6.92 Å². The number of H-pyrrole nitrogens is 1. The van der Waals surface area contributed by atoms with Crippen LogP contribution in [0.1, 0.15) is 11.1 Å². The van der Waals surface area contributed by atoms with E-state index < -0.39 is 0 Å². The first-order valence-corrected chi connectivity index (χ1v) is 7.32. The van der Waals surface area contributed by atoms with Crippen molar-refractivity contribution in [2.75, 3.05) is 0 Å². The summed E-state index contributed by atoms with van der Waals surface area (Å²) in [7, 11) is 0. The molecule has 0 saturated heterocycles. The summed E-state index contributed by atoms with van der Waals surface area (Å²) in [5, 5.41) is 4.29. The van der Waals surface area contributed by atoms with Crippen molar-refractivity contribution in [3.05, 3.63) is 72.1 Å². The smallest absolute Gasteiger partial charge is 0.138 e. The van der Waals surface area contributed by atoms with E-state index in [0.717, 1.165) is 29.0 Å². The summed E-state index contributed by atoms with van der Waals surface area (Å²) in [6, 6.07) is 16.5. The number of aromatic nitrogens is 4. The Hall–Kier alpha value is -2.88. The fraction of sp³-hybridized carbons (Fsp3) is 0.111. The van der Waals surface area contributed by atoms with Gasteiger partial charge in [0.1, 0.15) is 5.82 Å². The minimum Gasteiger partial charge on any atom is -0.338 e. The molecule has 0 atom stereocenters. The molecular formula is C18H16N4. The maximum absolute atomic E-state index is 4.73. The number of hydrogen-bond acceptors (Lipinski definition) is 2. The Kier molecular flexibility index (Phi) is 3.00. The summed E-state index contributed by atoms with van der Waals surface area (Å²) in [6.45, 7) is 2.82. The number of benzene rings is 2. The molecule has 2 aromatic heterocycles. The van der Waals surface area contributed by atoms with E-state index in [2.05, 4.69) is 53.4 Å². The second-order valence-corrected chi connectivity index (χ2v) is 5.47. The first kappa shape index (κ1) is 12.8. The lowest BCUT2D eigenvalue weighted by Crippen LogP contribution is -2.01. The van der Waals surface area contributed by atoms with Crippen LogP contribution < -0.4 is 0 Å². The zero-order valence-corrected chi connectivity index (χ0v) is 12.3. The lowest BCUT2D eigenvalue weighted by atomic mass is 10.1. The van der Waals surface area contributed by atoms with Gasteiger partial charge in [0.2, 0.25) is 0 Å². The van der Waals surface area contributed by atoms with Gasteiger partial charge in [-0.05, 0) is 36.2 Å². The average molecular weight is 288 g/mol. The third kappa shape index (κ3) is 2.29. The van der Waals surface area contributed by atoms with Crippen LogP contribution in [0.25, 0.3) is 22.4 Å². The number of aromatic amines is 1. The second-order valence-electron chi connectivity index (χ2n) is 5.47. The van der Waals surface area contributed by atoms with Gasteiger partial charge in [0.05, 0.1) is 17.6 Å². The number of hydrogen-bond donors (Lipinski definition) is 1. The molecule has 0 fully saturated rings. The van der Waals surface area contributed by atoms with Gasteiger partial charge < -0.3 is 4.98 Å². The van der Waals surface area contributed by atoms with E-state index in [1.807, 2.05) is 23.0 Å². The Morgan fingerprint density at radius 2 is 2.00 bits per heavy atom. The zero-order chi connectivity index (χ0) is 14.9. The van der Waals surface area contributed by atoms with Crippen molar-refractivity contribution in [3.8, 4) is 11.4 Å². The Morgan fingerprint density at radius 1 is 1.09 bits per heavy atom. The number of imidazole rings is 1. The van der Waals surface area contributed by atoms with E-state index in [0.29, 0.717) is 0 Å². The van der Waals surface area contributed by atoms with Crippen LogP contribution in [0.4, 0.5) is 0 Å². The normalized spacial score (nSPS) is 11.1. The van der Waals surface area contributed by atoms with Gasteiger partial charge in [-0.3, -0.25) is 4.68 Å². The minimum absolute atomic E-state index is 0.735. The van der Waals surface area contributed by atoms with Crippen LogP contribution >= 0.6 is 0 Å². The molecule has 2 heterocycles. The van der Waals surface area contributed by atoms with E-state index in [-0.39, 0.29) is 0 Å². The number of nitrogens with zero attached hydrogens (tertiary/aromatic N) is 3. The predicted octanol–water partition coefficient (Wildman–Crippen LogP) is 3.78. The van der Waals surface area contributed by atoms with Crippen molar-refractivity contribution in [3.63, 3.8) is 0 Å². The number of nitrogens with one attached hydrogen (secondary N) is 1. The van der Waals surface area contributed by atoms with E-state index in [1.165, 1.54) is 11.1 Å². The van der Waals surface area contributed by atoms with E-state index in [4.69, 9.17) is 4.98 Å². The molecule has 4 aromatic rings. The number of fused-ring (bicyclic) bond motifs is 1. The standard InChI is InChI=1S/C18H16N4/c1-13-7-8-16-17(11-13)21-18(20-16)15-6-3-2-5-14(15)12-22-10-4-9-19-22/h2-11H,12H2,1H3,(H,20,21). The van der Waals surface area contributed by atoms with Gasteiger partial charge in [-0.2, -0.15) is 5.10 Å². The van der Waals surface area contributed by atoms with Crippen molar-refractivity contribution in [1.29, 1.82) is 0 Å². The molecule has 0 bridgehead atoms. The van der Waals surface area contributed by atoms with Gasteiger partial charge in [0.25, 0.3) is 0 Å². The first-order valence-electron chi connectivity index (χ1n) is 7.32. The molecule has 108 valence electrons. The van der Waals surface area contributed by atoms with Crippen molar-refractivity contribution in [2.45, 2.75) is 13.5 Å². The van der Waals surface area contributed by atoms with Crippen LogP contribution in [-0.4, -0.2) is 19.7 Å². The summed E-state index contributed by atoms with van der Waals surface area (Å²) in [5.74, 6) is 0.906. The number of aryl methyl sites for hydroxylation is 1. The molecule has 4 nitrogen and oxygen atoms in total. The third-order valence-electron chi connectivity index (χ3n) is 3.80. The first-order chi connectivity index (χ1) is 10.8. The highest BCUT2D eigenvalue weighted by Crippen LogP contribution is 2.24. The van der Waals surface area contributed by atoms with Gasteiger partial charge in [0.15, 0.2) is 0 Å². The summed E-state index contributed by atoms with van der Waals surface area (Å²) >= 11 is 0. The maximum Gasteiger partial charge on any atom is 0.138 e. The molecule has 0 aliphatic rings. The van der Waals surface area contributed by atoms with Crippen molar-refractivity contribution in [2.24, 2.45) is 0 Å². The van der Waals surface area contributed by atoms with Gasteiger partial charge in [0, 0.05) is 18.0 Å². The van der Waals surface area contributed by atoms with Gasteiger partial charge in [-0.1, -0.05) is 30.3 Å². The van der Waals surface area contributed by atoms with Crippen LogP contribution in [0.5, 0.6) is 0 Å². The van der Waals surface area contributed by atoms with Crippen molar-refractivity contribution < 1.29 is 0 Å². The summed E-state index contributed by atoms with van der Waals surface area (Å²) in [4.78, 5) is 8.16. The van der Waals surface area contributed by atoms with Crippen LogP contribution in [0.15, 0.2) is 60.9 Å². The van der Waals surface area contributed by atoms with Gasteiger partial charge in [-0.15, -0.1) is 0 Å². The maximum atomic E-state index is 4.73. The molecule has 0 unspecified atom stereocenters. The fourth-order valence-electron chi connectivity index (χ4n) is 2.71. The number of rotatable bonds is 3. The van der Waals surface area contributed by atoms with E-state index in [1.54, 1.807) is 6.20 Å². The molecule has 0 amide bonds. The van der Waals surface area contributed by atoms with Crippen LogP contribution in [-0.2, 0) is 6.54 Å². The molecule has 4 heteroatoms. The fourth-order valence-corrected chi connectivity index (χ4v) is 2.71. The highest BCUT2D eigenvalue weighted by Gasteiger charge is 2.10. The van der Waals surface area contributed by atoms with Crippen LogP contribution in [0.2, 0.25) is 0 Å². The lowest BCUT2D eigenvalue weighted by Gasteiger charge is -2.07. The molecule has 0 spiro atoms. The molecule has 22 heavy (non-hydrogen) atoms. The Balaban J connectivity index is 1.80. The monoisotopic (exact) mass is 288 g/mol. The molecule has 0 aliphatic carbocycles. The average Bonchev–Trinajstić information content (AvgIpc) is 3.16. The zero-order valence-electron chi connectivity index (χ0n) is 12.3. The van der Waals surface area contributed by atoms with Gasteiger partial charge in [-0.25, -0.2) is 4.98 Å². The van der Waals surface area contributed by atoms with E-state index >= 15 is 0 Å². The Bertz CT molecular complexity index is 919. The van der Waals surface area contributed by atoms with Crippen molar-refractivity contribution >= 4 is 11.0 Å². The predicted molar refractivity (Wildman–Crippen MR) is 87.6 cm³/mol. The minimum atomic E-state index is 0.735. The second kappa shape index (κ2) is 5.15. The molecule has 4 rings (SSSR count).